The lowest BCUT2D eigenvalue weighted by Crippen LogP contribution is -2.22. The Kier molecular flexibility index (Phi) is 5.94. The summed E-state index contributed by atoms with van der Waals surface area (Å²) >= 11 is 6.12. The van der Waals surface area contributed by atoms with E-state index < -0.39 is 0 Å². The van der Waals surface area contributed by atoms with Crippen molar-refractivity contribution in [3.63, 3.8) is 0 Å². The Morgan fingerprint density at radius 3 is 2.78 bits per heavy atom. The fourth-order valence-electron chi connectivity index (χ4n) is 4.49. The minimum Gasteiger partial charge on any atom is -0.493 e. The number of ether oxygens (including phenoxy) is 1. The molecule has 0 saturated heterocycles. The quantitative estimate of drug-likeness (QED) is 0.352. The van der Waals surface area contributed by atoms with E-state index in [-0.39, 0.29) is 18.2 Å². The van der Waals surface area contributed by atoms with Crippen molar-refractivity contribution in [3.8, 4) is 17.0 Å². The number of benzene rings is 3. The first kappa shape index (κ1) is 23.0. The van der Waals surface area contributed by atoms with Crippen LogP contribution in [0.15, 0.2) is 66.9 Å². The molecule has 0 radical (unpaired) electrons. The Labute approximate surface area is 218 Å². The van der Waals surface area contributed by atoms with E-state index in [0.29, 0.717) is 41.1 Å². The van der Waals surface area contributed by atoms with Gasteiger partial charge in [0.25, 0.3) is 5.91 Å². The number of hydrogen-bond acceptors (Lipinski definition) is 6. The molecule has 8 nitrogen and oxygen atoms in total. The van der Waals surface area contributed by atoms with Crippen LogP contribution < -0.4 is 20.7 Å². The number of fused-ring (bicyclic) bond motifs is 4. The van der Waals surface area contributed by atoms with Gasteiger partial charge in [-0.25, -0.2) is 9.97 Å². The Balaban J connectivity index is 1.15. The summed E-state index contributed by atoms with van der Waals surface area (Å²) in [6.45, 7) is 1.15. The fourth-order valence-corrected chi connectivity index (χ4v) is 4.66. The maximum Gasteiger partial charge on any atom is 0.251 e. The van der Waals surface area contributed by atoms with Gasteiger partial charge in [0.05, 0.1) is 24.4 Å². The first-order valence-corrected chi connectivity index (χ1v) is 12.3. The van der Waals surface area contributed by atoms with Gasteiger partial charge in [0.1, 0.15) is 5.75 Å². The average Bonchev–Trinajstić information content (AvgIpc) is 3.31. The average molecular weight is 512 g/mol. The molecule has 2 aliphatic rings. The SMILES string of the molecule is O=C1Cc2cnc(Nc3ccc(C(=O)NCc4ccc5c(c4)CCO5)cc3)nc2-c2ccc(Cl)cc2N1. The highest BCUT2D eigenvalue weighted by atomic mass is 35.5. The molecule has 0 fully saturated rings. The maximum atomic E-state index is 12.7. The molecule has 9 heteroatoms. The standard InChI is InChI=1S/C28H22ClN5O3/c29-20-4-7-22-23(13-20)33-25(35)12-19-15-31-28(34-26(19)22)32-21-5-2-17(3-6-21)27(36)30-14-16-1-8-24-18(11-16)9-10-37-24/h1-8,11,13,15H,9-10,12,14H2,(H,30,36)(H,33,35)(H,31,32,34). The van der Waals surface area contributed by atoms with E-state index >= 15 is 0 Å². The van der Waals surface area contributed by atoms with Gasteiger partial charge in [-0.05, 0) is 59.7 Å². The molecule has 1 aromatic heterocycles. The minimum atomic E-state index is -0.156. The second-order valence-corrected chi connectivity index (χ2v) is 9.34. The summed E-state index contributed by atoms with van der Waals surface area (Å²) in [6.07, 6.45) is 2.72. The molecule has 0 atom stereocenters. The molecule has 2 amide bonds. The van der Waals surface area contributed by atoms with Crippen molar-refractivity contribution in [1.82, 2.24) is 15.3 Å². The van der Waals surface area contributed by atoms with Gasteiger partial charge >= 0.3 is 0 Å². The number of rotatable bonds is 5. The number of carbonyl (C=O) groups is 2. The van der Waals surface area contributed by atoms with E-state index in [9.17, 15) is 9.59 Å². The van der Waals surface area contributed by atoms with Crippen LogP contribution in [0.1, 0.15) is 27.0 Å². The molecule has 3 heterocycles. The van der Waals surface area contributed by atoms with Gasteiger partial charge in [0, 0.05) is 46.6 Å². The van der Waals surface area contributed by atoms with Crippen LogP contribution in [0.2, 0.25) is 5.02 Å². The molecule has 0 saturated carbocycles. The van der Waals surface area contributed by atoms with Crippen LogP contribution in [-0.4, -0.2) is 28.4 Å². The number of halogens is 1. The highest BCUT2D eigenvalue weighted by Gasteiger charge is 2.21. The molecule has 6 rings (SSSR count). The molecule has 0 spiro atoms. The Hall–Kier alpha value is -4.43. The van der Waals surface area contributed by atoms with Gasteiger partial charge in [0.2, 0.25) is 11.9 Å². The van der Waals surface area contributed by atoms with Crippen LogP contribution in [-0.2, 0) is 24.2 Å². The predicted octanol–water partition coefficient (Wildman–Crippen LogP) is 4.90. The van der Waals surface area contributed by atoms with Gasteiger partial charge in [-0.2, -0.15) is 0 Å². The molecular formula is C28H22ClN5O3. The molecule has 0 bridgehead atoms. The van der Waals surface area contributed by atoms with E-state index in [1.54, 1.807) is 42.6 Å². The van der Waals surface area contributed by atoms with Crippen LogP contribution in [0.25, 0.3) is 11.3 Å². The monoisotopic (exact) mass is 511 g/mol. The third-order valence-corrected chi connectivity index (χ3v) is 6.57. The summed E-state index contributed by atoms with van der Waals surface area (Å²) in [5, 5.41) is 9.54. The first-order valence-electron chi connectivity index (χ1n) is 11.9. The highest BCUT2D eigenvalue weighted by molar-refractivity contribution is 6.31. The summed E-state index contributed by atoms with van der Waals surface area (Å²) in [6, 6.07) is 18.4. The molecule has 3 N–H and O–H groups in total. The Morgan fingerprint density at radius 1 is 1.05 bits per heavy atom. The topological polar surface area (TPSA) is 105 Å². The normalized spacial score (nSPS) is 13.4. The third-order valence-electron chi connectivity index (χ3n) is 6.34. The summed E-state index contributed by atoms with van der Waals surface area (Å²) < 4.78 is 5.54. The number of hydrogen-bond donors (Lipinski definition) is 3. The van der Waals surface area contributed by atoms with E-state index in [0.717, 1.165) is 34.5 Å². The largest absolute Gasteiger partial charge is 0.493 e. The smallest absolute Gasteiger partial charge is 0.251 e. The van der Waals surface area contributed by atoms with E-state index in [1.165, 1.54) is 5.56 Å². The van der Waals surface area contributed by atoms with Gasteiger partial charge in [-0.1, -0.05) is 23.7 Å². The van der Waals surface area contributed by atoms with E-state index in [1.807, 2.05) is 18.2 Å². The van der Waals surface area contributed by atoms with Crippen LogP contribution >= 0.6 is 11.6 Å². The molecule has 37 heavy (non-hydrogen) atoms. The number of carbonyl (C=O) groups excluding carboxylic acids is 2. The molecular weight excluding hydrogens is 490 g/mol. The summed E-state index contributed by atoms with van der Waals surface area (Å²) in [4.78, 5) is 34.0. The Morgan fingerprint density at radius 2 is 1.92 bits per heavy atom. The number of aromatic nitrogens is 2. The zero-order chi connectivity index (χ0) is 25.4. The molecule has 0 unspecified atom stereocenters. The van der Waals surface area contributed by atoms with E-state index in [2.05, 4.69) is 32.0 Å². The van der Waals surface area contributed by atoms with Gasteiger partial charge in [0.15, 0.2) is 0 Å². The lowest BCUT2D eigenvalue weighted by Gasteiger charge is -2.11. The van der Waals surface area contributed by atoms with Crippen LogP contribution in [0.5, 0.6) is 5.75 Å². The molecule has 0 aliphatic carbocycles. The fraction of sp³-hybridized carbons (Fsp3) is 0.143. The summed E-state index contributed by atoms with van der Waals surface area (Å²) in [5.74, 6) is 1.00. The first-order chi connectivity index (χ1) is 18.0. The van der Waals surface area contributed by atoms with Crippen LogP contribution in [0, 0.1) is 0 Å². The summed E-state index contributed by atoms with van der Waals surface area (Å²) in [5.41, 5.74) is 6.28. The maximum absolute atomic E-state index is 12.7. The molecule has 4 aromatic rings. The number of amides is 2. The van der Waals surface area contributed by atoms with Crippen molar-refractivity contribution < 1.29 is 14.3 Å². The highest BCUT2D eigenvalue weighted by Crippen LogP contribution is 2.35. The van der Waals surface area contributed by atoms with Crippen molar-refractivity contribution in [3.05, 3.63) is 94.1 Å². The number of anilines is 3. The second kappa shape index (κ2) is 9.55. The lowest BCUT2D eigenvalue weighted by molar-refractivity contribution is -0.115. The second-order valence-electron chi connectivity index (χ2n) is 8.91. The lowest BCUT2D eigenvalue weighted by atomic mass is 10.1. The van der Waals surface area contributed by atoms with Crippen molar-refractivity contribution in [1.29, 1.82) is 0 Å². The van der Waals surface area contributed by atoms with Gasteiger partial charge in [-0.15, -0.1) is 0 Å². The van der Waals surface area contributed by atoms with E-state index in [4.69, 9.17) is 16.3 Å². The molecule has 2 aliphatic heterocycles. The van der Waals surface area contributed by atoms with Crippen molar-refractivity contribution in [2.75, 3.05) is 17.2 Å². The van der Waals surface area contributed by atoms with Crippen molar-refractivity contribution in [2.24, 2.45) is 0 Å². The zero-order valence-corrected chi connectivity index (χ0v) is 20.4. The molecule has 3 aromatic carbocycles. The van der Waals surface area contributed by atoms with Crippen LogP contribution in [0.3, 0.4) is 0 Å². The van der Waals surface area contributed by atoms with Gasteiger partial charge in [-0.3, -0.25) is 9.59 Å². The zero-order valence-electron chi connectivity index (χ0n) is 19.7. The summed E-state index contributed by atoms with van der Waals surface area (Å²) in [7, 11) is 0. The predicted molar refractivity (Wildman–Crippen MR) is 141 cm³/mol. The number of nitrogens with one attached hydrogen (secondary N) is 3. The van der Waals surface area contributed by atoms with Crippen LogP contribution in [0.4, 0.5) is 17.3 Å². The third kappa shape index (κ3) is 4.83. The van der Waals surface area contributed by atoms with Gasteiger partial charge < -0.3 is 20.7 Å². The molecule has 184 valence electrons. The minimum absolute atomic E-state index is 0.148. The van der Waals surface area contributed by atoms with Crippen molar-refractivity contribution in [2.45, 2.75) is 19.4 Å². The van der Waals surface area contributed by atoms with Crippen molar-refractivity contribution >= 4 is 40.7 Å². The number of nitrogens with zero attached hydrogens (tertiary/aromatic N) is 2. The Bertz CT molecular complexity index is 1540.